The number of benzene rings is 1. The van der Waals surface area contributed by atoms with Gasteiger partial charge in [-0.05, 0) is 55.8 Å². The van der Waals surface area contributed by atoms with Gasteiger partial charge in [0.25, 0.3) is 0 Å². The number of piperidine rings is 1. The topological polar surface area (TPSA) is 15.3 Å². The van der Waals surface area contributed by atoms with Gasteiger partial charge in [0.05, 0.1) is 0 Å². The van der Waals surface area contributed by atoms with Gasteiger partial charge in [-0.1, -0.05) is 31.2 Å². The van der Waals surface area contributed by atoms with Gasteiger partial charge in [0.2, 0.25) is 0 Å². The summed E-state index contributed by atoms with van der Waals surface area (Å²) in [6.07, 6.45) is 5.47. The standard InChI is InChI=1S/C17H26N2/c1-2-19(17-7-4-10-18-12-17)13-14-5-3-6-16(11-14)15-8-9-15/h3,5-6,11,15,17-18H,2,4,7-10,12-13H2,1H3. The lowest BCUT2D eigenvalue weighted by Gasteiger charge is -2.34. The largest absolute Gasteiger partial charge is 0.315 e. The van der Waals surface area contributed by atoms with Crippen LogP contribution in [0.15, 0.2) is 24.3 Å². The van der Waals surface area contributed by atoms with Crippen LogP contribution in [0, 0.1) is 0 Å². The van der Waals surface area contributed by atoms with Crippen molar-refractivity contribution in [2.45, 2.75) is 51.1 Å². The van der Waals surface area contributed by atoms with E-state index in [0.717, 1.165) is 31.6 Å². The quantitative estimate of drug-likeness (QED) is 0.873. The molecule has 0 bridgehead atoms. The molecule has 2 nitrogen and oxygen atoms in total. The summed E-state index contributed by atoms with van der Waals surface area (Å²) in [5.41, 5.74) is 3.06. The lowest BCUT2D eigenvalue weighted by Crippen LogP contribution is -2.45. The lowest BCUT2D eigenvalue weighted by atomic mass is 10.0. The number of rotatable bonds is 5. The average Bonchev–Trinajstić information content (AvgIpc) is 3.31. The summed E-state index contributed by atoms with van der Waals surface area (Å²) in [5, 5.41) is 3.53. The maximum absolute atomic E-state index is 3.53. The van der Waals surface area contributed by atoms with Crippen molar-refractivity contribution in [2.75, 3.05) is 19.6 Å². The van der Waals surface area contributed by atoms with Gasteiger partial charge in [-0.2, -0.15) is 0 Å². The molecule has 1 heterocycles. The highest BCUT2D eigenvalue weighted by Gasteiger charge is 2.24. The van der Waals surface area contributed by atoms with E-state index in [0.29, 0.717) is 0 Å². The van der Waals surface area contributed by atoms with Crippen LogP contribution in [-0.2, 0) is 6.54 Å². The summed E-state index contributed by atoms with van der Waals surface area (Å²) in [7, 11) is 0. The first-order valence-electron chi connectivity index (χ1n) is 7.90. The van der Waals surface area contributed by atoms with Gasteiger partial charge in [0.1, 0.15) is 0 Å². The zero-order valence-corrected chi connectivity index (χ0v) is 12.1. The molecular formula is C17H26N2. The van der Waals surface area contributed by atoms with Crippen molar-refractivity contribution in [1.29, 1.82) is 0 Å². The molecule has 2 heteroatoms. The molecule has 1 N–H and O–H groups in total. The molecule has 1 saturated carbocycles. The van der Waals surface area contributed by atoms with Crippen LogP contribution < -0.4 is 5.32 Å². The Hall–Kier alpha value is -0.860. The van der Waals surface area contributed by atoms with Crippen LogP contribution >= 0.6 is 0 Å². The van der Waals surface area contributed by atoms with E-state index in [1.54, 1.807) is 5.56 Å². The van der Waals surface area contributed by atoms with Crippen molar-refractivity contribution in [3.63, 3.8) is 0 Å². The Morgan fingerprint density at radius 2 is 2.16 bits per heavy atom. The van der Waals surface area contributed by atoms with Crippen LogP contribution in [0.2, 0.25) is 0 Å². The van der Waals surface area contributed by atoms with Crippen molar-refractivity contribution < 1.29 is 0 Å². The molecule has 0 radical (unpaired) electrons. The molecule has 3 rings (SSSR count). The van der Waals surface area contributed by atoms with Gasteiger partial charge in [-0.15, -0.1) is 0 Å². The molecule has 0 spiro atoms. The van der Waals surface area contributed by atoms with E-state index in [1.165, 1.54) is 37.8 Å². The Kier molecular flexibility index (Phi) is 4.19. The van der Waals surface area contributed by atoms with E-state index < -0.39 is 0 Å². The van der Waals surface area contributed by atoms with Crippen LogP contribution in [-0.4, -0.2) is 30.6 Å². The molecule has 1 aliphatic carbocycles. The van der Waals surface area contributed by atoms with Crippen LogP contribution in [0.1, 0.15) is 49.7 Å². The highest BCUT2D eigenvalue weighted by molar-refractivity contribution is 5.29. The van der Waals surface area contributed by atoms with Crippen molar-refractivity contribution in [1.82, 2.24) is 10.2 Å². The minimum Gasteiger partial charge on any atom is -0.315 e. The number of nitrogens with zero attached hydrogens (tertiary/aromatic N) is 1. The van der Waals surface area contributed by atoms with Crippen molar-refractivity contribution >= 4 is 0 Å². The fourth-order valence-electron chi connectivity index (χ4n) is 3.24. The fraction of sp³-hybridized carbons (Fsp3) is 0.647. The van der Waals surface area contributed by atoms with Gasteiger partial charge >= 0.3 is 0 Å². The van der Waals surface area contributed by atoms with Crippen molar-refractivity contribution in [2.24, 2.45) is 0 Å². The van der Waals surface area contributed by atoms with Gasteiger partial charge < -0.3 is 5.32 Å². The van der Waals surface area contributed by atoms with E-state index in [-0.39, 0.29) is 0 Å². The second kappa shape index (κ2) is 6.06. The lowest BCUT2D eigenvalue weighted by molar-refractivity contribution is 0.166. The Balaban J connectivity index is 1.65. The van der Waals surface area contributed by atoms with E-state index in [1.807, 2.05) is 0 Å². The minimum atomic E-state index is 0.725. The second-order valence-electron chi connectivity index (χ2n) is 6.08. The van der Waals surface area contributed by atoms with Crippen LogP contribution in [0.4, 0.5) is 0 Å². The molecule has 19 heavy (non-hydrogen) atoms. The van der Waals surface area contributed by atoms with Crippen molar-refractivity contribution in [3.05, 3.63) is 35.4 Å². The van der Waals surface area contributed by atoms with Gasteiger partial charge in [-0.25, -0.2) is 0 Å². The summed E-state index contributed by atoms with van der Waals surface area (Å²) < 4.78 is 0. The highest BCUT2D eigenvalue weighted by atomic mass is 15.2. The Morgan fingerprint density at radius 3 is 2.84 bits per heavy atom. The number of hydrogen-bond acceptors (Lipinski definition) is 2. The summed E-state index contributed by atoms with van der Waals surface area (Å²) >= 11 is 0. The first-order chi connectivity index (χ1) is 9.36. The number of nitrogens with one attached hydrogen (secondary N) is 1. The summed E-state index contributed by atoms with van der Waals surface area (Å²) in [6.45, 7) is 6.92. The monoisotopic (exact) mass is 258 g/mol. The third-order valence-electron chi connectivity index (χ3n) is 4.58. The first-order valence-corrected chi connectivity index (χ1v) is 7.90. The smallest absolute Gasteiger partial charge is 0.0237 e. The Morgan fingerprint density at radius 1 is 1.26 bits per heavy atom. The zero-order valence-electron chi connectivity index (χ0n) is 12.1. The van der Waals surface area contributed by atoms with E-state index in [2.05, 4.69) is 41.4 Å². The second-order valence-corrected chi connectivity index (χ2v) is 6.08. The SMILES string of the molecule is CCN(Cc1cccc(C2CC2)c1)C1CCCNC1. The maximum atomic E-state index is 3.53. The summed E-state index contributed by atoms with van der Waals surface area (Å²) in [4.78, 5) is 2.64. The first kappa shape index (κ1) is 13.1. The number of hydrogen-bond donors (Lipinski definition) is 1. The molecule has 0 amide bonds. The predicted molar refractivity (Wildman–Crippen MR) is 80.4 cm³/mol. The Labute approximate surface area is 117 Å². The molecule has 2 fully saturated rings. The number of likely N-dealkylation sites (N-methyl/N-ethyl adjacent to an activating group) is 1. The van der Waals surface area contributed by atoms with Gasteiger partial charge in [0, 0.05) is 19.1 Å². The van der Waals surface area contributed by atoms with E-state index >= 15 is 0 Å². The average molecular weight is 258 g/mol. The van der Waals surface area contributed by atoms with Gasteiger partial charge in [-0.3, -0.25) is 4.90 Å². The molecule has 1 aliphatic heterocycles. The predicted octanol–water partition coefficient (Wildman–Crippen LogP) is 3.14. The molecule has 104 valence electrons. The maximum Gasteiger partial charge on any atom is 0.0237 e. The van der Waals surface area contributed by atoms with Crippen molar-refractivity contribution in [3.8, 4) is 0 Å². The molecule has 1 saturated heterocycles. The minimum absolute atomic E-state index is 0.725. The third-order valence-corrected chi connectivity index (χ3v) is 4.58. The van der Waals surface area contributed by atoms with E-state index in [9.17, 15) is 0 Å². The molecule has 1 atom stereocenters. The fourth-order valence-corrected chi connectivity index (χ4v) is 3.24. The van der Waals surface area contributed by atoms with Crippen LogP contribution in [0.3, 0.4) is 0 Å². The molecule has 0 aromatic heterocycles. The molecule has 1 aromatic carbocycles. The normalized spacial score (nSPS) is 23.8. The third kappa shape index (κ3) is 3.37. The summed E-state index contributed by atoms with van der Waals surface area (Å²) in [5.74, 6) is 0.867. The Bertz CT molecular complexity index is 405. The zero-order chi connectivity index (χ0) is 13.1. The van der Waals surface area contributed by atoms with Crippen LogP contribution in [0.25, 0.3) is 0 Å². The van der Waals surface area contributed by atoms with Gasteiger partial charge in [0.15, 0.2) is 0 Å². The molecular weight excluding hydrogens is 232 g/mol. The van der Waals surface area contributed by atoms with Crippen LogP contribution in [0.5, 0.6) is 0 Å². The molecule has 1 unspecified atom stereocenters. The summed E-state index contributed by atoms with van der Waals surface area (Å²) in [6, 6.07) is 10.0. The van der Waals surface area contributed by atoms with E-state index in [4.69, 9.17) is 0 Å². The molecule has 1 aromatic rings. The highest BCUT2D eigenvalue weighted by Crippen LogP contribution is 2.40. The molecule has 2 aliphatic rings.